The molecule has 122 valence electrons. The van der Waals surface area contributed by atoms with Gasteiger partial charge in [-0.2, -0.15) is 0 Å². The molecule has 2 nitrogen and oxygen atoms in total. The second-order valence-electron chi connectivity index (χ2n) is 6.84. The molecule has 0 aliphatic carbocycles. The van der Waals surface area contributed by atoms with Gasteiger partial charge in [-0.3, -0.25) is 0 Å². The minimum Gasteiger partial charge on any atom is -0.331 e. The Hall–Kier alpha value is -1.35. The second-order valence-corrected chi connectivity index (χ2v) is 7.27. The highest BCUT2D eigenvalue weighted by atomic mass is 35.5. The number of piperidine rings is 1. The van der Waals surface area contributed by atoms with Crippen LogP contribution in [-0.4, -0.2) is 26.2 Å². The van der Waals surface area contributed by atoms with E-state index >= 15 is 0 Å². The maximum Gasteiger partial charge on any atom is 0.103 e. The zero-order valence-electron chi connectivity index (χ0n) is 13.9. The first-order chi connectivity index (χ1) is 11.2. The van der Waals surface area contributed by atoms with Crippen molar-refractivity contribution < 1.29 is 9.80 Å². The number of nitrogens with one attached hydrogen (secondary N) is 2. The van der Waals surface area contributed by atoms with Gasteiger partial charge in [-0.15, -0.1) is 0 Å². The first-order valence-electron chi connectivity index (χ1n) is 8.65. The molecular weight excluding hydrogens is 304 g/mol. The molecule has 1 atom stereocenters. The van der Waals surface area contributed by atoms with Crippen LogP contribution in [0, 0.1) is 0 Å². The number of benzene rings is 2. The van der Waals surface area contributed by atoms with Gasteiger partial charge in [0.2, 0.25) is 0 Å². The molecule has 0 radical (unpaired) electrons. The minimum atomic E-state index is 0.796. The van der Waals surface area contributed by atoms with E-state index in [4.69, 9.17) is 11.6 Å². The van der Waals surface area contributed by atoms with E-state index in [2.05, 4.69) is 49.5 Å². The summed E-state index contributed by atoms with van der Waals surface area (Å²) in [5.74, 6) is 0. The third-order valence-corrected chi connectivity index (χ3v) is 5.33. The molecule has 1 unspecified atom stereocenters. The summed E-state index contributed by atoms with van der Waals surface area (Å²) >= 11 is 5.97. The van der Waals surface area contributed by atoms with Crippen LogP contribution in [0.4, 0.5) is 0 Å². The lowest BCUT2D eigenvalue weighted by molar-refractivity contribution is -0.960. The van der Waals surface area contributed by atoms with Crippen LogP contribution in [0.2, 0.25) is 5.02 Å². The van der Waals surface area contributed by atoms with Crippen LogP contribution in [0.5, 0.6) is 0 Å². The molecule has 0 saturated carbocycles. The summed E-state index contributed by atoms with van der Waals surface area (Å²) in [4.78, 5) is 3.36. The van der Waals surface area contributed by atoms with E-state index in [1.807, 2.05) is 12.1 Å². The number of hydrogen-bond donors (Lipinski definition) is 2. The van der Waals surface area contributed by atoms with Gasteiger partial charge in [-0.05, 0) is 12.1 Å². The molecule has 0 bridgehead atoms. The van der Waals surface area contributed by atoms with Gasteiger partial charge < -0.3 is 9.80 Å². The molecule has 0 aromatic heterocycles. The molecule has 2 N–H and O–H groups in total. The first kappa shape index (κ1) is 16.5. The van der Waals surface area contributed by atoms with Crippen LogP contribution < -0.4 is 9.80 Å². The topological polar surface area (TPSA) is 8.88 Å². The lowest BCUT2D eigenvalue weighted by atomic mass is 10.0. The zero-order valence-corrected chi connectivity index (χ0v) is 14.7. The predicted octanol–water partition coefficient (Wildman–Crippen LogP) is 1.60. The van der Waals surface area contributed by atoms with E-state index in [0.29, 0.717) is 0 Å². The third kappa shape index (κ3) is 4.81. The summed E-state index contributed by atoms with van der Waals surface area (Å²) in [5.41, 5.74) is 2.84. The summed E-state index contributed by atoms with van der Waals surface area (Å²) in [6.45, 7) is 4.82. The molecule has 2 aromatic rings. The van der Waals surface area contributed by atoms with Crippen molar-refractivity contribution in [2.24, 2.45) is 0 Å². The Morgan fingerprint density at radius 2 is 1.61 bits per heavy atom. The molecule has 3 rings (SSSR count). The maximum absolute atomic E-state index is 5.97. The monoisotopic (exact) mass is 330 g/mol. The second kappa shape index (κ2) is 7.96. The molecule has 1 heterocycles. The quantitative estimate of drug-likeness (QED) is 0.824. The van der Waals surface area contributed by atoms with Crippen LogP contribution in [0.15, 0.2) is 54.6 Å². The Bertz CT molecular complexity index is 589. The molecule has 23 heavy (non-hydrogen) atoms. The third-order valence-electron chi connectivity index (χ3n) is 5.08. The number of halogens is 1. The SMILES string of the molecule is C[NH+](Cc1ccccc1)C1CC[NH+](Cc2ccc(Cl)cc2)CC1. The van der Waals surface area contributed by atoms with Gasteiger partial charge >= 0.3 is 0 Å². The van der Waals surface area contributed by atoms with Crippen molar-refractivity contribution in [2.45, 2.75) is 32.0 Å². The normalized spacial score (nSPS) is 22.7. The van der Waals surface area contributed by atoms with Crippen molar-refractivity contribution in [1.82, 2.24) is 0 Å². The number of quaternary nitrogens is 2. The van der Waals surface area contributed by atoms with E-state index in [1.165, 1.54) is 37.1 Å². The van der Waals surface area contributed by atoms with Crippen LogP contribution in [0.1, 0.15) is 24.0 Å². The van der Waals surface area contributed by atoms with E-state index in [1.54, 1.807) is 9.80 Å². The van der Waals surface area contributed by atoms with Gasteiger partial charge in [0.1, 0.15) is 13.1 Å². The molecule has 1 aliphatic heterocycles. The zero-order chi connectivity index (χ0) is 16.1. The summed E-state index contributed by atoms with van der Waals surface area (Å²) in [7, 11) is 2.35. The van der Waals surface area contributed by atoms with Gasteiger partial charge in [0.15, 0.2) is 0 Å². The lowest BCUT2D eigenvalue weighted by Gasteiger charge is -2.32. The van der Waals surface area contributed by atoms with Gasteiger partial charge in [-0.25, -0.2) is 0 Å². The molecule has 1 fully saturated rings. The average Bonchev–Trinajstić information content (AvgIpc) is 2.58. The smallest absolute Gasteiger partial charge is 0.103 e. The van der Waals surface area contributed by atoms with E-state index in [0.717, 1.165) is 24.2 Å². The van der Waals surface area contributed by atoms with Crippen molar-refractivity contribution >= 4 is 11.6 Å². The first-order valence-corrected chi connectivity index (χ1v) is 9.03. The summed E-state index contributed by atoms with van der Waals surface area (Å²) in [6, 6.07) is 20.0. The molecule has 0 amide bonds. The van der Waals surface area contributed by atoms with Crippen molar-refractivity contribution in [3.05, 3.63) is 70.7 Å². The van der Waals surface area contributed by atoms with Crippen molar-refractivity contribution in [1.29, 1.82) is 0 Å². The number of rotatable bonds is 5. The van der Waals surface area contributed by atoms with Gasteiger partial charge in [0.05, 0.1) is 26.2 Å². The fourth-order valence-corrected chi connectivity index (χ4v) is 3.77. The highest BCUT2D eigenvalue weighted by Crippen LogP contribution is 2.09. The van der Waals surface area contributed by atoms with Crippen LogP contribution in [0.3, 0.4) is 0 Å². The average molecular weight is 331 g/mol. The number of likely N-dealkylation sites (tertiary alicyclic amines) is 1. The Labute approximate surface area is 144 Å². The predicted molar refractivity (Wildman–Crippen MR) is 95.9 cm³/mol. The molecule has 3 heteroatoms. The van der Waals surface area contributed by atoms with Crippen molar-refractivity contribution in [3.63, 3.8) is 0 Å². The van der Waals surface area contributed by atoms with E-state index < -0.39 is 0 Å². The molecule has 1 aliphatic rings. The number of hydrogen-bond acceptors (Lipinski definition) is 0. The molecule has 1 saturated heterocycles. The Morgan fingerprint density at radius 1 is 0.957 bits per heavy atom. The highest BCUT2D eigenvalue weighted by Gasteiger charge is 2.27. The lowest BCUT2D eigenvalue weighted by Crippen LogP contribution is -3.18. The molecular formula is C20H27ClN2+2. The molecule has 0 spiro atoms. The van der Waals surface area contributed by atoms with Crippen molar-refractivity contribution in [2.75, 3.05) is 20.1 Å². The van der Waals surface area contributed by atoms with Gasteiger partial charge in [-0.1, -0.05) is 54.1 Å². The van der Waals surface area contributed by atoms with Crippen LogP contribution in [0.25, 0.3) is 0 Å². The molecule has 2 aromatic carbocycles. The summed E-state index contributed by atoms with van der Waals surface area (Å²) in [5, 5.41) is 0.827. The maximum atomic E-state index is 5.97. The largest absolute Gasteiger partial charge is 0.331 e. The minimum absolute atomic E-state index is 0.796. The summed E-state index contributed by atoms with van der Waals surface area (Å²) in [6.07, 6.45) is 2.64. The Morgan fingerprint density at radius 3 is 2.26 bits per heavy atom. The highest BCUT2D eigenvalue weighted by molar-refractivity contribution is 6.30. The Balaban J connectivity index is 1.47. The van der Waals surface area contributed by atoms with Gasteiger partial charge in [0.25, 0.3) is 0 Å². The standard InChI is InChI=1S/C20H25ClN2/c1-22(15-17-5-3-2-4-6-17)20-11-13-23(14-12-20)16-18-7-9-19(21)10-8-18/h2-10,20H,11-16H2,1H3/p+2. The van der Waals surface area contributed by atoms with Gasteiger partial charge in [0, 0.05) is 29.0 Å². The van der Waals surface area contributed by atoms with Crippen molar-refractivity contribution in [3.8, 4) is 0 Å². The van der Waals surface area contributed by atoms with E-state index in [9.17, 15) is 0 Å². The van der Waals surface area contributed by atoms with Crippen LogP contribution >= 0.6 is 11.6 Å². The summed E-state index contributed by atoms with van der Waals surface area (Å²) < 4.78 is 0. The fraction of sp³-hybridized carbons (Fsp3) is 0.400. The van der Waals surface area contributed by atoms with Crippen LogP contribution in [-0.2, 0) is 13.1 Å². The fourth-order valence-electron chi connectivity index (χ4n) is 3.65. The Kier molecular flexibility index (Phi) is 5.71. The van der Waals surface area contributed by atoms with E-state index in [-0.39, 0.29) is 0 Å².